The molecule has 1 aromatic carbocycles. The summed E-state index contributed by atoms with van der Waals surface area (Å²) >= 11 is 0. The molecule has 2 N–H and O–H groups in total. The second-order valence-electron chi connectivity index (χ2n) is 5.93. The Hall–Kier alpha value is -3.70. The molecule has 0 bridgehead atoms. The number of benzene rings is 1. The Morgan fingerprint density at radius 2 is 2.00 bits per heavy atom. The van der Waals surface area contributed by atoms with Gasteiger partial charge in [0.1, 0.15) is 18.3 Å². The lowest BCUT2D eigenvalue weighted by molar-refractivity contribution is -0.137. The fraction of sp³-hybridized carbons (Fsp3) is 0.235. The van der Waals surface area contributed by atoms with E-state index >= 15 is 0 Å². The van der Waals surface area contributed by atoms with Gasteiger partial charge in [-0.05, 0) is 25.1 Å². The molecule has 3 amide bonds. The second-order valence-corrected chi connectivity index (χ2v) is 5.93. The van der Waals surface area contributed by atoms with Gasteiger partial charge in [0.05, 0.1) is 17.4 Å². The molecule has 0 fully saturated rings. The molecule has 0 spiro atoms. The van der Waals surface area contributed by atoms with Crippen LogP contribution in [0.5, 0.6) is 0 Å². The molecule has 0 unspecified atom stereocenters. The zero-order valence-corrected chi connectivity index (χ0v) is 15.0. The van der Waals surface area contributed by atoms with Gasteiger partial charge in [0.25, 0.3) is 5.56 Å². The lowest BCUT2D eigenvalue weighted by atomic mass is 10.2. The summed E-state index contributed by atoms with van der Waals surface area (Å²) in [4.78, 5) is 39.8. The summed E-state index contributed by atoms with van der Waals surface area (Å²) in [5.74, 6) is -0.732. The Morgan fingerprint density at radius 3 is 2.69 bits per heavy atom. The van der Waals surface area contributed by atoms with Crippen LogP contribution in [0.2, 0.25) is 0 Å². The summed E-state index contributed by atoms with van der Waals surface area (Å²) in [7, 11) is 0. The van der Waals surface area contributed by atoms with Gasteiger partial charge in [-0.1, -0.05) is 6.07 Å². The number of aromatic nitrogens is 4. The van der Waals surface area contributed by atoms with Crippen LogP contribution in [0, 0.1) is 0 Å². The van der Waals surface area contributed by atoms with E-state index in [-0.39, 0.29) is 16.7 Å². The van der Waals surface area contributed by atoms with Gasteiger partial charge in [-0.2, -0.15) is 18.3 Å². The first-order valence-electron chi connectivity index (χ1n) is 8.39. The van der Waals surface area contributed by atoms with E-state index in [0.29, 0.717) is 6.54 Å². The summed E-state index contributed by atoms with van der Waals surface area (Å²) in [6, 6.07) is 3.73. The number of fused-ring (bicyclic) bond motifs is 1. The number of urea groups is 1. The number of rotatable bonds is 4. The molecule has 0 atom stereocenters. The van der Waals surface area contributed by atoms with Gasteiger partial charge in [-0.25, -0.2) is 14.5 Å². The topological polar surface area (TPSA) is 111 Å². The predicted octanol–water partition coefficient (Wildman–Crippen LogP) is 1.45. The van der Waals surface area contributed by atoms with E-state index in [4.69, 9.17) is 0 Å². The molecule has 0 saturated carbocycles. The maximum absolute atomic E-state index is 12.9. The van der Waals surface area contributed by atoms with Crippen LogP contribution >= 0.6 is 0 Å². The van der Waals surface area contributed by atoms with E-state index in [1.807, 2.05) is 0 Å². The lowest BCUT2D eigenvalue weighted by Crippen LogP contribution is -2.42. The number of hydrogen-bond acceptors (Lipinski definition) is 5. The minimum absolute atomic E-state index is 0.00993. The van der Waals surface area contributed by atoms with Gasteiger partial charge in [-0.15, -0.1) is 0 Å². The molecule has 152 valence electrons. The Labute approximate surface area is 161 Å². The molecule has 29 heavy (non-hydrogen) atoms. The van der Waals surface area contributed by atoms with Gasteiger partial charge < -0.3 is 5.32 Å². The van der Waals surface area contributed by atoms with Crippen molar-refractivity contribution in [2.75, 3.05) is 6.54 Å². The van der Waals surface area contributed by atoms with E-state index in [2.05, 4.69) is 20.7 Å². The second kappa shape index (κ2) is 7.73. The minimum Gasteiger partial charge on any atom is -0.338 e. The van der Waals surface area contributed by atoms with Crippen molar-refractivity contribution in [1.29, 1.82) is 0 Å². The predicted molar refractivity (Wildman–Crippen MR) is 95.3 cm³/mol. The SMILES string of the molecule is CCNC(=O)NC(=O)Cn1cnc2c(cnn2-c2cccc(C(F)(F)F)c2)c1=O. The average Bonchev–Trinajstić information content (AvgIpc) is 3.08. The minimum atomic E-state index is -4.53. The van der Waals surface area contributed by atoms with E-state index in [0.717, 1.165) is 33.9 Å². The van der Waals surface area contributed by atoms with Crippen molar-refractivity contribution in [3.05, 3.63) is 52.7 Å². The highest BCUT2D eigenvalue weighted by molar-refractivity contribution is 5.94. The maximum atomic E-state index is 12.9. The van der Waals surface area contributed by atoms with Crippen LogP contribution in [-0.4, -0.2) is 37.8 Å². The quantitative estimate of drug-likeness (QED) is 0.679. The van der Waals surface area contributed by atoms with Crippen LogP contribution in [0.3, 0.4) is 0 Å². The molecule has 3 rings (SSSR count). The average molecular weight is 408 g/mol. The normalized spacial score (nSPS) is 11.4. The van der Waals surface area contributed by atoms with E-state index in [9.17, 15) is 27.6 Å². The number of nitrogens with one attached hydrogen (secondary N) is 2. The number of imide groups is 1. The first-order chi connectivity index (χ1) is 13.7. The van der Waals surface area contributed by atoms with E-state index in [1.54, 1.807) is 6.92 Å². The lowest BCUT2D eigenvalue weighted by Gasteiger charge is -2.09. The summed E-state index contributed by atoms with van der Waals surface area (Å²) in [5.41, 5.74) is -1.38. The monoisotopic (exact) mass is 408 g/mol. The first kappa shape index (κ1) is 20.0. The zero-order valence-electron chi connectivity index (χ0n) is 15.0. The highest BCUT2D eigenvalue weighted by Gasteiger charge is 2.30. The number of hydrogen-bond donors (Lipinski definition) is 2. The van der Waals surface area contributed by atoms with Crippen molar-refractivity contribution >= 4 is 23.0 Å². The highest BCUT2D eigenvalue weighted by atomic mass is 19.4. The number of carbonyl (C=O) groups excluding carboxylic acids is 2. The molecule has 2 heterocycles. The molecular weight excluding hydrogens is 393 g/mol. The molecule has 12 heteroatoms. The number of carbonyl (C=O) groups is 2. The molecule has 0 aliphatic rings. The summed E-state index contributed by atoms with van der Waals surface area (Å²) < 4.78 is 40.9. The van der Waals surface area contributed by atoms with Crippen molar-refractivity contribution in [3.63, 3.8) is 0 Å². The fourth-order valence-electron chi connectivity index (χ4n) is 2.59. The van der Waals surface area contributed by atoms with Crippen LogP contribution in [0.1, 0.15) is 12.5 Å². The maximum Gasteiger partial charge on any atom is 0.416 e. The third kappa shape index (κ3) is 4.25. The number of halogens is 3. The first-order valence-corrected chi connectivity index (χ1v) is 8.39. The Morgan fingerprint density at radius 1 is 1.24 bits per heavy atom. The van der Waals surface area contributed by atoms with Crippen molar-refractivity contribution in [1.82, 2.24) is 30.0 Å². The van der Waals surface area contributed by atoms with Gasteiger partial charge in [0.15, 0.2) is 5.65 Å². The van der Waals surface area contributed by atoms with Crippen LogP contribution < -0.4 is 16.2 Å². The highest BCUT2D eigenvalue weighted by Crippen LogP contribution is 2.30. The molecule has 0 radical (unpaired) electrons. The number of amides is 3. The van der Waals surface area contributed by atoms with Gasteiger partial charge >= 0.3 is 12.2 Å². The third-order valence-corrected chi connectivity index (χ3v) is 3.88. The van der Waals surface area contributed by atoms with Crippen molar-refractivity contribution in [2.45, 2.75) is 19.6 Å². The molecule has 3 aromatic rings. The summed E-state index contributed by atoms with van der Waals surface area (Å²) in [6.45, 7) is 1.53. The summed E-state index contributed by atoms with van der Waals surface area (Å²) in [5, 5.41) is 8.39. The van der Waals surface area contributed by atoms with Crippen molar-refractivity contribution < 1.29 is 22.8 Å². The fourth-order valence-corrected chi connectivity index (χ4v) is 2.59. The zero-order chi connectivity index (χ0) is 21.2. The van der Waals surface area contributed by atoms with Gasteiger partial charge in [-0.3, -0.25) is 19.5 Å². The Kier molecular flexibility index (Phi) is 5.35. The van der Waals surface area contributed by atoms with Crippen LogP contribution in [-0.2, 0) is 17.5 Å². The largest absolute Gasteiger partial charge is 0.416 e. The standard InChI is InChI=1S/C17H15F3N6O3/c1-2-21-16(29)24-13(27)8-25-9-22-14-12(15(25)28)7-23-26(14)11-5-3-4-10(6-11)17(18,19)20/h3-7,9H,2,8H2,1H3,(H2,21,24,27,29). The van der Waals surface area contributed by atoms with Crippen molar-refractivity contribution in [2.24, 2.45) is 0 Å². The van der Waals surface area contributed by atoms with Crippen molar-refractivity contribution in [3.8, 4) is 5.69 Å². The molecule has 0 saturated heterocycles. The molecule has 9 nitrogen and oxygen atoms in total. The molecule has 2 aromatic heterocycles. The van der Waals surface area contributed by atoms with Gasteiger partial charge in [0.2, 0.25) is 5.91 Å². The summed E-state index contributed by atoms with van der Waals surface area (Å²) in [6.07, 6.45) is -2.31. The molecule has 0 aliphatic carbocycles. The third-order valence-electron chi connectivity index (χ3n) is 3.88. The smallest absolute Gasteiger partial charge is 0.338 e. The van der Waals surface area contributed by atoms with Gasteiger partial charge in [0, 0.05) is 6.54 Å². The Bertz CT molecular complexity index is 1140. The Balaban J connectivity index is 1.92. The number of alkyl halides is 3. The van der Waals surface area contributed by atoms with Crippen LogP contribution in [0.25, 0.3) is 16.7 Å². The van der Waals surface area contributed by atoms with E-state index < -0.39 is 35.8 Å². The van der Waals surface area contributed by atoms with Crippen LogP contribution in [0.15, 0.2) is 41.6 Å². The van der Waals surface area contributed by atoms with Crippen LogP contribution in [0.4, 0.5) is 18.0 Å². The molecular formula is C17H15F3N6O3. The molecule has 0 aliphatic heterocycles. The van der Waals surface area contributed by atoms with E-state index in [1.165, 1.54) is 12.1 Å². The number of nitrogens with zero attached hydrogens (tertiary/aromatic N) is 4.